The van der Waals surface area contributed by atoms with Crippen molar-refractivity contribution >= 4 is 6.41 Å². The smallest absolute Gasteiger partial charge is 0.207 e. The first-order chi connectivity index (χ1) is 6.81. The lowest BCUT2D eigenvalue weighted by molar-refractivity contribution is -0.109. The molecular formula is C10H15NO3. The summed E-state index contributed by atoms with van der Waals surface area (Å²) >= 11 is 0. The summed E-state index contributed by atoms with van der Waals surface area (Å²) in [5.41, 5.74) is 0.917. The molecule has 1 aromatic carbocycles. The Labute approximate surface area is 84.3 Å². The summed E-state index contributed by atoms with van der Waals surface area (Å²) in [6.07, 6.45) is 0.656. The Morgan fingerprint density at radius 1 is 1.43 bits per heavy atom. The molecule has 0 aromatic heterocycles. The largest absolute Gasteiger partial charge is 0.497 e. The zero-order valence-electron chi connectivity index (χ0n) is 8.24. The van der Waals surface area contributed by atoms with Gasteiger partial charge in [0.1, 0.15) is 11.5 Å². The van der Waals surface area contributed by atoms with Gasteiger partial charge in [-0.3, -0.25) is 4.79 Å². The van der Waals surface area contributed by atoms with Crippen LogP contribution in [0.4, 0.5) is 0 Å². The molecule has 0 heterocycles. The first-order valence-electron chi connectivity index (χ1n) is 4.19. The van der Waals surface area contributed by atoms with Gasteiger partial charge in [0.15, 0.2) is 0 Å². The average molecular weight is 197 g/mol. The summed E-state index contributed by atoms with van der Waals surface area (Å²) in [6.45, 7) is 0.455. The van der Waals surface area contributed by atoms with E-state index in [2.05, 4.69) is 5.32 Å². The van der Waals surface area contributed by atoms with Crippen molar-refractivity contribution in [2.75, 3.05) is 14.2 Å². The topological polar surface area (TPSA) is 47.6 Å². The van der Waals surface area contributed by atoms with E-state index in [4.69, 9.17) is 9.47 Å². The third-order valence-corrected chi connectivity index (χ3v) is 1.87. The molecule has 0 saturated carbocycles. The number of rotatable bonds is 5. The van der Waals surface area contributed by atoms with Gasteiger partial charge in [0.25, 0.3) is 0 Å². The van der Waals surface area contributed by atoms with E-state index >= 15 is 0 Å². The van der Waals surface area contributed by atoms with Crippen molar-refractivity contribution in [3.63, 3.8) is 0 Å². The van der Waals surface area contributed by atoms with Crippen LogP contribution in [-0.2, 0) is 11.3 Å². The van der Waals surface area contributed by atoms with Gasteiger partial charge in [-0.15, -0.1) is 0 Å². The molecule has 0 unspecified atom stereocenters. The van der Waals surface area contributed by atoms with Gasteiger partial charge in [0.2, 0.25) is 6.41 Å². The molecule has 1 rings (SSSR count). The zero-order valence-corrected chi connectivity index (χ0v) is 8.24. The van der Waals surface area contributed by atoms with Crippen LogP contribution in [0.25, 0.3) is 0 Å². The molecule has 14 heavy (non-hydrogen) atoms. The van der Waals surface area contributed by atoms with Crippen LogP contribution in [0.3, 0.4) is 0 Å². The quantitative estimate of drug-likeness (QED) is 0.721. The van der Waals surface area contributed by atoms with E-state index < -0.39 is 0 Å². The lowest BCUT2D eigenvalue weighted by Crippen LogP contribution is -2.10. The van der Waals surface area contributed by atoms with Gasteiger partial charge in [0, 0.05) is 19.6 Å². The van der Waals surface area contributed by atoms with E-state index in [0.29, 0.717) is 18.7 Å². The molecule has 1 amide bonds. The summed E-state index contributed by atoms with van der Waals surface area (Å²) in [5.74, 6) is 1.44. The highest BCUT2D eigenvalue weighted by molar-refractivity contribution is 5.48. The number of benzene rings is 1. The Balaban J connectivity index is 0.00000196. The van der Waals surface area contributed by atoms with Gasteiger partial charge < -0.3 is 14.8 Å². The summed E-state index contributed by atoms with van der Waals surface area (Å²) in [6, 6.07) is 5.46. The van der Waals surface area contributed by atoms with E-state index in [1.807, 2.05) is 12.1 Å². The first-order valence-corrected chi connectivity index (χ1v) is 4.19. The van der Waals surface area contributed by atoms with E-state index in [-0.39, 0.29) is 1.43 Å². The maximum atomic E-state index is 10.1. The Morgan fingerprint density at radius 2 is 2.21 bits per heavy atom. The van der Waals surface area contributed by atoms with E-state index in [1.165, 1.54) is 0 Å². The normalized spacial score (nSPS) is 9.29. The van der Waals surface area contributed by atoms with Crippen LogP contribution in [0, 0.1) is 0 Å². The van der Waals surface area contributed by atoms with Crippen LogP contribution in [0.1, 0.15) is 6.99 Å². The number of nitrogens with one attached hydrogen (secondary N) is 1. The number of methoxy groups -OCH3 is 2. The van der Waals surface area contributed by atoms with Crippen LogP contribution in [-0.4, -0.2) is 20.6 Å². The SMILES string of the molecule is COc1ccc(CNC=O)c(OC)c1.[HH]. The molecule has 78 valence electrons. The summed E-state index contributed by atoms with van der Waals surface area (Å²) in [5, 5.41) is 2.58. The van der Waals surface area contributed by atoms with Crippen molar-refractivity contribution in [1.29, 1.82) is 0 Å². The molecule has 0 radical (unpaired) electrons. The fourth-order valence-corrected chi connectivity index (χ4v) is 1.15. The van der Waals surface area contributed by atoms with Gasteiger partial charge >= 0.3 is 0 Å². The van der Waals surface area contributed by atoms with Crippen molar-refractivity contribution in [2.45, 2.75) is 6.54 Å². The third kappa shape index (κ3) is 2.39. The maximum absolute atomic E-state index is 10.1. The Morgan fingerprint density at radius 3 is 2.79 bits per heavy atom. The van der Waals surface area contributed by atoms with Gasteiger partial charge in [-0.25, -0.2) is 0 Å². The van der Waals surface area contributed by atoms with Crippen LogP contribution in [0.2, 0.25) is 0 Å². The van der Waals surface area contributed by atoms with Crippen LogP contribution in [0.5, 0.6) is 11.5 Å². The molecule has 0 atom stereocenters. The van der Waals surface area contributed by atoms with Gasteiger partial charge in [-0.2, -0.15) is 0 Å². The number of hydrogen-bond donors (Lipinski definition) is 1. The van der Waals surface area contributed by atoms with Crippen molar-refractivity contribution in [1.82, 2.24) is 5.32 Å². The van der Waals surface area contributed by atoms with Crippen LogP contribution in [0.15, 0.2) is 18.2 Å². The zero-order chi connectivity index (χ0) is 10.4. The van der Waals surface area contributed by atoms with Crippen molar-refractivity contribution in [3.05, 3.63) is 23.8 Å². The monoisotopic (exact) mass is 197 g/mol. The van der Waals surface area contributed by atoms with Gasteiger partial charge in [-0.05, 0) is 12.1 Å². The van der Waals surface area contributed by atoms with Crippen LogP contribution < -0.4 is 14.8 Å². The second kappa shape index (κ2) is 5.11. The highest BCUT2D eigenvalue weighted by Gasteiger charge is 2.03. The first kappa shape index (κ1) is 10.4. The number of carbonyl (C=O) groups excluding carboxylic acids is 1. The predicted octanol–water partition coefficient (Wildman–Crippen LogP) is 1.20. The number of carbonyl (C=O) groups is 1. The van der Waals surface area contributed by atoms with E-state index in [9.17, 15) is 4.79 Å². The molecule has 1 aromatic rings. The second-order valence-electron chi connectivity index (χ2n) is 2.68. The Hall–Kier alpha value is -1.71. The standard InChI is InChI=1S/C10H13NO3.H2/c1-13-9-4-3-8(6-11-7-12)10(5-9)14-2;/h3-5,7H,6H2,1-2H3,(H,11,12);1H. The fraction of sp³-hybridized carbons (Fsp3) is 0.300. The molecule has 0 fully saturated rings. The van der Waals surface area contributed by atoms with E-state index in [0.717, 1.165) is 11.3 Å². The van der Waals surface area contributed by atoms with Crippen LogP contribution >= 0.6 is 0 Å². The lowest BCUT2D eigenvalue weighted by Gasteiger charge is -2.09. The van der Waals surface area contributed by atoms with Crippen molar-refractivity contribution in [2.24, 2.45) is 0 Å². The number of amides is 1. The summed E-state index contributed by atoms with van der Waals surface area (Å²) < 4.78 is 10.2. The molecule has 0 aliphatic carbocycles. The molecule has 4 nitrogen and oxygen atoms in total. The highest BCUT2D eigenvalue weighted by Crippen LogP contribution is 2.24. The molecule has 0 saturated heterocycles. The molecule has 0 aliphatic rings. The second-order valence-corrected chi connectivity index (χ2v) is 2.68. The highest BCUT2D eigenvalue weighted by atomic mass is 16.5. The van der Waals surface area contributed by atoms with Gasteiger partial charge in [0.05, 0.1) is 14.2 Å². The lowest BCUT2D eigenvalue weighted by atomic mass is 10.2. The fourth-order valence-electron chi connectivity index (χ4n) is 1.15. The summed E-state index contributed by atoms with van der Waals surface area (Å²) in [7, 11) is 3.18. The van der Waals surface area contributed by atoms with Gasteiger partial charge in [-0.1, -0.05) is 0 Å². The molecular weight excluding hydrogens is 182 g/mol. The van der Waals surface area contributed by atoms with E-state index in [1.54, 1.807) is 20.3 Å². The molecule has 0 spiro atoms. The predicted molar refractivity (Wildman–Crippen MR) is 54.6 cm³/mol. The van der Waals surface area contributed by atoms with Crippen molar-refractivity contribution in [3.8, 4) is 11.5 Å². The Kier molecular flexibility index (Phi) is 3.79. The Bertz CT molecular complexity index is 318. The molecule has 0 bridgehead atoms. The average Bonchev–Trinajstić information content (AvgIpc) is 2.26. The van der Waals surface area contributed by atoms with Crippen molar-refractivity contribution < 1.29 is 15.7 Å². The molecule has 4 heteroatoms. The minimum absolute atomic E-state index is 0. The minimum Gasteiger partial charge on any atom is -0.497 e. The minimum atomic E-state index is 0. The number of ether oxygens (including phenoxy) is 2. The maximum Gasteiger partial charge on any atom is 0.207 e. The molecule has 0 aliphatic heterocycles. The third-order valence-electron chi connectivity index (χ3n) is 1.87. The summed E-state index contributed by atoms with van der Waals surface area (Å²) in [4.78, 5) is 10.1. The number of hydrogen-bond acceptors (Lipinski definition) is 3. The molecule has 1 N–H and O–H groups in total.